The van der Waals surface area contributed by atoms with Crippen molar-refractivity contribution < 1.29 is 5.11 Å². The Bertz CT molecular complexity index is 1590. The van der Waals surface area contributed by atoms with E-state index in [1.807, 2.05) is 6.07 Å². The van der Waals surface area contributed by atoms with Crippen LogP contribution in [0.25, 0.3) is 11.7 Å². The standard InChI is InChI=1S/C20H16ClN9O2/c1-29-19(31)14(26-20(29)32)5-11-9-24-30-16(25-12-2-3-12)6-15(28-18(11)30)27-17-13(21)4-10(7-22)8-23-17/h4-6,8-9,12,31H,2-3H2,1H3,(H,23,27)(H,26,32). The maximum atomic E-state index is 11.8. The van der Waals surface area contributed by atoms with Gasteiger partial charge in [-0.25, -0.2) is 14.8 Å². The maximum Gasteiger partial charge on any atom is 0.328 e. The summed E-state index contributed by atoms with van der Waals surface area (Å²) in [6.45, 7) is 0. The molecule has 12 heteroatoms. The number of pyridine rings is 1. The molecular weight excluding hydrogens is 434 g/mol. The third kappa shape index (κ3) is 3.57. The van der Waals surface area contributed by atoms with E-state index in [9.17, 15) is 9.90 Å². The van der Waals surface area contributed by atoms with Gasteiger partial charge < -0.3 is 15.4 Å². The zero-order chi connectivity index (χ0) is 22.4. The maximum absolute atomic E-state index is 11.8. The minimum Gasteiger partial charge on any atom is -0.493 e. The van der Waals surface area contributed by atoms with E-state index in [1.165, 1.54) is 19.3 Å². The number of nitriles is 1. The smallest absolute Gasteiger partial charge is 0.328 e. The molecular formula is C20H16ClN9O2. The summed E-state index contributed by atoms with van der Waals surface area (Å²) in [7, 11) is 1.46. The molecule has 0 bridgehead atoms. The lowest BCUT2D eigenvalue weighted by molar-refractivity contribution is 0.428. The van der Waals surface area contributed by atoms with Gasteiger partial charge in [-0.05, 0) is 25.0 Å². The van der Waals surface area contributed by atoms with E-state index < -0.39 is 5.69 Å². The Hall–Kier alpha value is -4.17. The number of H-pyrrole nitrogens is 1. The van der Waals surface area contributed by atoms with Crippen molar-refractivity contribution in [3.05, 3.63) is 62.0 Å². The molecule has 0 amide bonds. The molecule has 5 rings (SSSR count). The molecule has 4 aromatic heterocycles. The van der Waals surface area contributed by atoms with Gasteiger partial charge in [-0.1, -0.05) is 11.6 Å². The first-order chi connectivity index (χ1) is 15.4. The summed E-state index contributed by atoms with van der Waals surface area (Å²) >= 11 is 6.25. The first-order valence-electron chi connectivity index (χ1n) is 9.68. The van der Waals surface area contributed by atoms with Gasteiger partial charge in [-0.3, -0.25) is 9.56 Å². The molecule has 11 nitrogen and oxygen atoms in total. The van der Waals surface area contributed by atoms with Crippen molar-refractivity contribution in [1.82, 2.24) is 29.1 Å². The molecule has 0 unspecified atom stereocenters. The lowest BCUT2D eigenvalue weighted by atomic mass is 10.3. The van der Waals surface area contributed by atoms with E-state index in [-0.39, 0.29) is 22.6 Å². The minimum atomic E-state index is -0.438. The predicted molar refractivity (Wildman–Crippen MR) is 115 cm³/mol. The molecule has 32 heavy (non-hydrogen) atoms. The second kappa shape index (κ2) is 7.51. The Balaban J connectivity index is 1.67. The van der Waals surface area contributed by atoms with E-state index in [0.29, 0.717) is 33.6 Å². The van der Waals surface area contributed by atoms with Crippen molar-refractivity contribution in [2.45, 2.75) is 18.9 Å². The average molecular weight is 450 g/mol. The summed E-state index contributed by atoms with van der Waals surface area (Å²) < 4.78 is 2.70. The highest BCUT2D eigenvalue weighted by Gasteiger charge is 2.20. The number of fused-ring (bicyclic) bond motifs is 1. The number of nitrogens with one attached hydrogen (secondary N) is 2. The molecule has 4 aromatic rings. The molecule has 1 aliphatic rings. The second-order valence-corrected chi connectivity index (χ2v) is 7.76. The van der Waals surface area contributed by atoms with Crippen LogP contribution < -0.4 is 21.7 Å². The van der Waals surface area contributed by atoms with Crippen molar-refractivity contribution in [1.29, 1.82) is 5.26 Å². The third-order valence-electron chi connectivity index (χ3n) is 4.96. The van der Waals surface area contributed by atoms with Crippen molar-refractivity contribution in [3.8, 4) is 11.9 Å². The predicted octanol–water partition coefficient (Wildman–Crippen LogP) is 0.736. The lowest BCUT2D eigenvalue weighted by Gasteiger charge is -2.07. The Labute approximate surface area is 185 Å². The molecule has 1 saturated carbocycles. The fraction of sp³-hybridized carbons (Fsp3) is 0.200. The number of rotatable bonds is 4. The quantitative estimate of drug-likeness (QED) is 0.415. The number of aromatic hydroxyl groups is 1. The van der Waals surface area contributed by atoms with Crippen molar-refractivity contribution >= 4 is 35.0 Å². The zero-order valence-electron chi connectivity index (χ0n) is 16.7. The molecule has 1 aliphatic carbocycles. The fourth-order valence-electron chi connectivity index (χ4n) is 3.11. The van der Waals surface area contributed by atoms with Crippen LogP contribution in [0.1, 0.15) is 24.1 Å². The van der Waals surface area contributed by atoms with Crippen molar-refractivity contribution in [2.24, 2.45) is 12.0 Å². The molecule has 1 fully saturated rings. The van der Waals surface area contributed by atoms with Gasteiger partial charge in [0.15, 0.2) is 11.1 Å². The van der Waals surface area contributed by atoms with Crippen LogP contribution in [0.4, 0.5) is 11.6 Å². The van der Waals surface area contributed by atoms with Gasteiger partial charge in [-0.15, -0.1) is 0 Å². The summed E-state index contributed by atoms with van der Waals surface area (Å²) in [5, 5.41) is 27.5. The highest BCUT2D eigenvalue weighted by atomic mass is 35.5. The van der Waals surface area contributed by atoms with Gasteiger partial charge in [0.25, 0.3) is 0 Å². The van der Waals surface area contributed by atoms with Crippen LogP contribution >= 0.6 is 11.6 Å². The van der Waals surface area contributed by atoms with Gasteiger partial charge in [0, 0.05) is 24.5 Å². The van der Waals surface area contributed by atoms with Crippen LogP contribution in [0.5, 0.6) is 5.88 Å². The van der Waals surface area contributed by atoms with Crippen molar-refractivity contribution in [3.63, 3.8) is 0 Å². The van der Waals surface area contributed by atoms with Crippen LogP contribution in [-0.4, -0.2) is 40.3 Å². The van der Waals surface area contributed by atoms with Gasteiger partial charge in [0.05, 0.1) is 22.8 Å². The topological polar surface area (TPSA) is 149 Å². The normalized spacial score (nSPS) is 14.8. The van der Waals surface area contributed by atoms with Gasteiger partial charge in [0.1, 0.15) is 23.4 Å². The molecule has 0 atom stereocenters. The molecule has 0 spiro atoms. The molecule has 4 heterocycles. The summed E-state index contributed by atoms with van der Waals surface area (Å²) in [5.74, 6) is 0.576. The first kappa shape index (κ1) is 19.8. The Kier molecular flexibility index (Phi) is 4.64. The summed E-state index contributed by atoms with van der Waals surface area (Å²) in [5.41, 5.74) is 1.20. The van der Waals surface area contributed by atoms with E-state index in [1.54, 1.807) is 22.9 Å². The molecule has 3 N–H and O–H groups in total. The summed E-state index contributed by atoms with van der Waals surface area (Å²) in [6.07, 6.45) is 6.60. The van der Waals surface area contributed by atoms with Crippen LogP contribution in [0.3, 0.4) is 0 Å². The fourth-order valence-corrected chi connectivity index (χ4v) is 3.33. The second-order valence-electron chi connectivity index (χ2n) is 7.36. The monoisotopic (exact) mass is 449 g/mol. The number of aromatic amines is 1. The molecule has 0 aromatic carbocycles. The number of imidazole rings is 1. The van der Waals surface area contributed by atoms with Crippen LogP contribution in [-0.2, 0) is 7.05 Å². The number of halogens is 1. The molecule has 0 radical (unpaired) electrons. The van der Waals surface area contributed by atoms with Crippen LogP contribution in [0.15, 0.2) is 34.3 Å². The van der Waals surface area contributed by atoms with E-state index in [4.69, 9.17) is 21.9 Å². The Morgan fingerprint density at radius 3 is 2.88 bits per heavy atom. The number of nitrogens with zero attached hydrogens (tertiary/aromatic N) is 7. The SMILES string of the molecule is Cn1c(O)c(C=c2cnn3c(=NC4CC4)cc(Nc4ncc(C#N)cc4Cl)nc23)[nH]c1=O. The zero-order valence-corrected chi connectivity index (χ0v) is 17.5. The summed E-state index contributed by atoms with van der Waals surface area (Å²) in [4.78, 5) is 27.9. The number of anilines is 2. The molecule has 0 saturated heterocycles. The Morgan fingerprint density at radius 2 is 2.22 bits per heavy atom. The van der Waals surface area contributed by atoms with Gasteiger partial charge in [0.2, 0.25) is 5.88 Å². The largest absolute Gasteiger partial charge is 0.493 e. The number of hydrogen-bond donors (Lipinski definition) is 3. The first-order valence-corrected chi connectivity index (χ1v) is 10.1. The Morgan fingerprint density at radius 1 is 1.41 bits per heavy atom. The minimum absolute atomic E-state index is 0.194. The van der Waals surface area contributed by atoms with E-state index >= 15 is 0 Å². The number of hydrogen-bond acceptors (Lipinski definition) is 8. The lowest BCUT2D eigenvalue weighted by Crippen LogP contribution is -2.20. The highest BCUT2D eigenvalue weighted by molar-refractivity contribution is 6.33. The van der Waals surface area contributed by atoms with Crippen LogP contribution in [0.2, 0.25) is 5.02 Å². The highest BCUT2D eigenvalue weighted by Crippen LogP contribution is 2.24. The molecule has 0 aliphatic heterocycles. The van der Waals surface area contributed by atoms with Crippen molar-refractivity contribution in [2.75, 3.05) is 5.32 Å². The summed E-state index contributed by atoms with van der Waals surface area (Å²) in [6, 6.07) is 5.47. The van der Waals surface area contributed by atoms with E-state index in [2.05, 4.69) is 25.4 Å². The third-order valence-corrected chi connectivity index (χ3v) is 5.25. The van der Waals surface area contributed by atoms with Gasteiger partial charge >= 0.3 is 5.69 Å². The average Bonchev–Trinajstić information content (AvgIpc) is 3.46. The molecule has 160 valence electrons. The van der Waals surface area contributed by atoms with E-state index in [0.717, 1.165) is 17.4 Å². The number of aromatic nitrogens is 6. The van der Waals surface area contributed by atoms with Gasteiger partial charge in [-0.2, -0.15) is 14.9 Å². The van der Waals surface area contributed by atoms with Crippen LogP contribution in [0, 0.1) is 11.3 Å².